The molecule has 0 aliphatic heterocycles. The standard InChI is InChI=1S/C27H32N2O4S/c1-17(2)23-16-24(18(3)15-26(23)33-6)20(5)28-27(30)21-12-13-25(19(4)14-21)29-34(31,32)22-10-8-7-9-11-22/h7-17,20,29H,1-6H3,(H,28,30)/t20-/m0/s1. The molecular weight excluding hydrogens is 448 g/mol. The highest BCUT2D eigenvalue weighted by Gasteiger charge is 2.19. The Hall–Kier alpha value is -3.32. The monoisotopic (exact) mass is 480 g/mol. The molecule has 0 heterocycles. The number of hydrogen-bond acceptors (Lipinski definition) is 4. The number of amides is 1. The molecule has 34 heavy (non-hydrogen) atoms. The van der Waals surface area contributed by atoms with Gasteiger partial charge in [0.25, 0.3) is 15.9 Å². The van der Waals surface area contributed by atoms with Crippen LogP contribution in [0.2, 0.25) is 0 Å². The van der Waals surface area contributed by atoms with Gasteiger partial charge in [-0.1, -0.05) is 32.0 Å². The van der Waals surface area contributed by atoms with Crippen LogP contribution in [0.3, 0.4) is 0 Å². The molecule has 1 amide bonds. The number of benzene rings is 3. The molecule has 0 saturated carbocycles. The average Bonchev–Trinajstić information content (AvgIpc) is 2.80. The lowest BCUT2D eigenvalue weighted by atomic mass is 9.93. The normalized spacial score (nSPS) is 12.3. The van der Waals surface area contributed by atoms with E-state index in [2.05, 4.69) is 30.0 Å². The topological polar surface area (TPSA) is 84.5 Å². The van der Waals surface area contributed by atoms with Crippen molar-refractivity contribution in [3.63, 3.8) is 0 Å². The van der Waals surface area contributed by atoms with E-state index >= 15 is 0 Å². The van der Waals surface area contributed by atoms with Crippen molar-refractivity contribution in [3.8, 4) is 5.75 Å². The summed E-state index contributed by atoms with van der Waals surface area (Å²) in [5.41, 5.74) is 4.71. The van der Waals surface area contributed by atoms with Gasteiger partial charge in [0.05, 0.1) is 23.7 Å². The summed E-state index contributed by atoms with van der Waals surface area (Å²) in [4.78, 5) is 13.2. The minimum Gasteiger partial charge on any atom is -0.496 e. The molecule has 3 aromatic carbocycles. The third-order valence-corrected chi connectivity index (χ3v) is 7.22. The minimum absolute atomic E-state index is 0.181. The fourth-order valence-electron chi connectivity index (χ4n) is 3.89. The van der Waals surface area contributed by atoms with E-state index in [1.165, 1.54) is 12.1 Å². The number of hydrogen-bond donors (Lipinski definition) is 2. The second kappa shape index (κ2) is 10.3. The summed E-state index contributed by atoms with van der Waals surface area (Å²) in [6, 6.07) is 17.0. The lowest BCUT2D eigenvalue weighted by Crippen LogP contribution is -2.27. The third-order valence-electron chi connectivity index (χ3n) is 5.84. The molecule has 2 N–H and O–H groups in total. The van der Waals surface area contributed by atoms with Crippen molar-refractivity contribution in [3.05, 3.63) is 88.5 Å². The number of nitrogens with one attached hydrogen (secondary N) is 2. The molecule has 0 saturated heterocycles. The summed E-state index contributed by atoms with van der Waals surface area (Å²) < 4.78 is 33.4. The zero-order chi connectivity index (χ0) is 25.0. The molecule has 0 spiro atoms. The van der Waals surface area contributed by atoms with Gasteiger partial charge >= 0.3 is 0 Å². The number of methoxy groups -OCH3 is 1. The van der Waals surface area contributed by atoms with Gasteiger partial charge in [-0.2, -0.15) is 0 Å². The molecule has 3 rings (SSSR count). The number of carbonyl (C=O) groups is 1. The van der Waals surface area contributed by atoms with Crippen LogP contribution in [0.25, 0.3) is 0 Å². The van der Waals surface area contributed by atoms with Crippen molar-refractivity contribution in [1.29, 1.82) is 0 Å². The van der Waals surface area contributed by atoms with E-state index in [1.54, 1.807) is 50.4 Å². The number of anilines is 1. The second-order valence-electron chi connectivity index (χ2n) is 8.75. The maximum absolute atomic E-state index is 13.0. The first-order valence-corrected chi connectivity index (χ1v) is 12.7. The highest BCUT2D eigenvalue weighted by atomic mass is 32.2. The summed E-state index contributed by atoms with van der Waals surface area (Å²) in [6.07, 6.45) is 0. The van der Waals surface area contributed by atoms with Gasteiger partial charge in [0.1, 0.15) is 5.75 Å². The molecule has 1 atom stereocenters. The van der Waals surface area contributed by atoms with Gasteiger partial charge in [0, 0.05) is 5.56 Å². The van der Waals surface area contributed by atoms with Crippen LogP contribution in [0.1, 0.15) is 65.3 Å². The molecule has 0 radical (unpaired) electrons. The summed E-state index contributed by atoms with van der Waals surface area (Å²) >= 11 is 0. The largest absolute Gasteiger partial charge is 0.496 e. The molecule has 0 fully saturated rings. The smallest absolute Gasteiger partial charge is 0.261 e. The second-order valence-corrected chi connectivity index (χ2v) is 10.4. The maximum Gasteiger partial charge on any atom is 0.261 e. The Bertz CT molecular complexity index is 1290. The number of rotatable bonds is 8. The Morgan fingerprint density at radius 2 is 1.56 bits per heavy atom. The van der Waals surface area contributed by atoms with Crippen LogP contribution >= 0.6 is 0 Å². The van der Waals surface area contributed by atoms with E-state index in [1.807, 2.05) is 19.9 Å². The summed E-state index contributed by atoms with van der Waals surface area (Å²) in [5.74, 6) is 0.903. The van der Waals surface area contributed by atoms with Crippen LogP contribution in [0.15, 0.2) is 65.6 Å². The number of carbonyl (C=O) groups excluding carboxylic acids is 1. The van der Waals surface area contributed by atoms with Gasteiger partial charge in [-0.3, -0.25) is 9.52 Å². The molecular formula is C27H32N2O4S. The maximum atomic E-state index is 13.0. The predicted molar refractivity (Wildman–Crippen MR) is 136 cm³/mol. The van der Waals surface area contributed by atoms with Gasteiger partial charge in [-0.05, 0) is 91.4 Å². The van der Waals surface area contributed by atoms with Crippen LogP contribution in [-0.2, 0) is 10.0 Å². The summed E-state index contributed by atoms with van der Waals surface area (Å²) in [6.45, 7) is 9.94. The molecule has 6 nitrogen and oxygen atoms in total. The van der Waals surface area contributed by atoms with Gasteiger partial charge < -0.3 is 10.1 Å². The predicted octanol–water partition coefficient (Wildman–Crippen LogP) is 5.73. The fourth-order valence-corrected chi connectivity index (χ4v) is 5.04. The van der Waals surface area contributed by atoms with Gasteiger partial charge in [-0.15, -0.1) is 0 Å². The van der Waals surface area contributed by atoms with Crippen molar-refractivity contribution in [2.24, 2.45) is 0 Å². The van der Waals surface area contributed by atoms with E-state index < -0.39 is 10.0 Å². The van der Waals surface area contributed by atoms with E-state index in [4.69, 9.17) is 4.74 Å². The highest BCUT2D eigenvalue weighted by Crippen LogP contribution is 2.32. The molecule has 7 heteroatoms. The number of sulfonamides is 1. The van der Waals surface area contributed by atoms with Crippen LogP contribution in [0, 0.1) is 13.8 Å². The first-order valence-electron chi connectivity index (χ1n) is 11.2. The Kier molecular flexibility index (Phi) is 7.67. The van der Waals surface area contributed by atoms with Crippen LogP contribution in [0.5, 0.6) is 5.75 Å². The highest BCUT2D eigenvalue weighted by molar-refractivity contribution is 7.92. The van der Waals surface area contributed by atoms with Crippen molar-refractivity contribution < 1.29 is 17.9 Å². The third kappa shape index (κ3) is 5.59. The van der Waals surface area contributed by atoms with Crippen molar-refractivity contribution in [2.45, 2.75) is 51.5 Å². The average molecular weight is 481 g/mol. The van der Waals surface area contributed by atoms with E-state index in [9.17, 15) is 13.2 Å². The summed E-state index contributed by atoms with van der Waals surface area (Å²) in [7, 11) is -2.04. The lowest BCUT2D eigenvalue weighted by Gasteiger charge is -2.21. The van der Waals surface area contributed by atoms with E-state index in [0.29, 0.717) is 16.8 Å². The molecule has 0 bridgehead atoms. The quantitative estimate of drug-likeness (QED) is 0.431. The van der Waals surface area contributed by atoms with E-state index in [-0.39, 0.29) is 22.8 Å². The van der Waals surface area contributed by atoms with Crippen molar-refractivity contribution in [1.82, 2.24) is 5.32 Å². The molecule has 0 aromatic heterocycles. The first kappa shape index (κ1) is 25.3. The molecule has 3 aromatic rings. The van der Waals surface area contributed by atoms with Crippen LogP contribution in [-0.4, -0.2) is 21.4 Å². The number of aryl methyl sites for hydroxylation is 2. The molecule has 0 aliphatic rings. The van der Waals surface area contributed by atoms with Gasteiger partial charge in [-0.25, -0.2) is 8.42 Å². The van der Waals surface area contributed by atoms with E-state index in [0.717, 1.165) is 22.4 Å². The Labute approximate surface area is 202 Å². The van der Waals surface area contributed by atoms with Gasteiger partial charge in [0.2, 0.25) is 0 Å². The minimum atomic E-state index is -3.71. The Morgan fingerprint density at radius 3 is 2.15 bits per heavy atom. The van der Waals surface area contributed by atoms with Crippen LogP contribution in [0.4, 0.5) is 5.69 Å². The Morgan fingerprint density at radius 1 is 0.882 bits per heavy atom. The molecule has 180 valence electrons. The first-order chi connectivity index (χ1) is 16.0. The van der Waals surface area contributed by atoms with Crippen molar-refractivity contribution >= 4 is 21.6 Å². The Balaban J connectivity index is 1.78. The zero-order valence-corrected chi connectivity index (χ0v) is 21.3. The molecule has 0 unspecified atom stereocenters. The van der Waals surface area contributed by atoms with Crippen molar-refractivity contribution in [2.75, 3.05) is 11.8 Å². The lowest BCUT2D eigenvalue weighted by molar-refractivity contribution is 0.0939. The number of ether oxygens (including phenoxy) is 1. The fraction of sp³-hybridized carbons (Fsp3) is 0.296. The van der Waals surface area contributed by atoms with Gasteiger partial charge in [0.15, 0.2) is 0 Å². The molecule has 0 aliphatic carbocycles. The van der Waals surface area contributed by atoms with Crippen LogP contribution < -0.4 is 14.8 Å². The SMILES string of the molecule is COc1cc(C)c([C@H](C)NC(=O)c2ccc(NS(=O)(=O)c3ccccc3)c(C)c2)cc1C(C)C. The summed E-state index contributed by atoms with van der Waals surface area (Å²) in [5, 5.41) is 3.06. The zero-order valence-electron chi connectivity index (χ0n) is 20.5.